The lowest BCUT2D eigenvalue weighted by atomic mass is 10.1. The lowest BCUT2D eigenvalue weighted by Gasteiger charge is -2.15. The number of aromatic hydroxyl groups is 1. The van der Waals surface area contributed by atoms with E-state index in [2.05, 4.69) is 4.98 Å². The molecule has 0 radical (unpaired) electrons. The first-order valence-corrected chi connectivity index (χ1v) is 7.30. The Kier molecular flexibility index (Phi) is 3.85. The SMILES string of the molecule is CC(C)c1c(O)n(CC2CCSC2)c(=O)[nH]c1=O. The van der Waals surface area contributed by atoms with Crippen LogP contribution in [0.15, 0.2) is 9.59 Å². The summed E-state index contributed by atoms with van der Waals surface area (Å²) in [5.74, 6) is 2.21. The first-order valence-electron chi connectivity index (χ1n) is 6.14. The predicted molar refractivity (Wildman–Crippen MR) is 72.5 cm³/mol. The van der Waals surface area contributed by atoms with E-state index in [1.807, 2.05) is 25.6 Å². The molecular formula is C12H18N2O3S. The van der Waals surface area contributed by atoms with Gasteiger partial charge in [-0.15, -0.1) is 0 Å². The molecule has 1 atom stereocenters. The lowest BCUT2D eigenvalue weighted by Crippen LogP contribution is -2.34. The molecular weight excluding hydrogens is 252 g/mol. The molecule has 1 aliphatic heterocycles. The van der Waals surface area contributed by atoms with Gasteiger partial charge in [-0.05, 0) is 29.8 Å². The summed E-state index contributed by atoms with van der Waals surface area (Å²) in [4.78, 5) is 25.7. The van der Waals surface area contributed by atoms with Gasteiger partial charge < -0.3 is 5.11 Å². The maximum Gasteiger partial charge on any atom is 0.331 e. The number of nitrogens with zero attached hydrogens (tertiary/aromatic N) is 1. The fourth-order valence-electron chi connectivity index (χ4n) is 2.25. The molecule has 1 saturated heterocycles. The molecule has 1 aromatic rings. The summed E-state index contributed by atoms with van der Waals surface area (Å²) in [5, 5.41) is 10.1. The van der Waals surface area contributed by atoms with E-state index in [0.29, 0.717) is 18.0 Å². The Hall–Kier alpha value is -1.17. The van der Waals surface area contributed by atoms with Crippen LogP contribution in [0.2, 0.25) is 0 Å². The monoisotopic (exact) mass is 270 g/mol. The zero-order valence-corrected chi connectivity index (χ0v) is 11.4. The molecule has 1 unspecified atom stereocenters. The Morgan fingerprint density at radius 1 is 1.50 bits per heavy atom. The van der Waals surface area contributed by atoms with Gasteiger partial charge in [0.05, 0.1) is 5.56 Å². The Morgan fingerprint density at radius 2 is 2.22 bits per heavy atom. The zero-order valence-electron chi connectivity index (χ0n) is 10.6. The van der Waals surface area contributed by atoms with Crippen LogP contribution in [-0.4, -0.2) is 26.2 Å². The summed E-state index contributed by atoms with van der Waals surface area (Å²) in [6.45, 7) is 4.13. The standard InChI is InChI=1S/C12H18N2O3S/c1-7(2)9-10(15)13-12(17)14(11(9)16)5-8-3-4-18-6-8/h7-8,16H,3-6H2,1-2H3,(H,13,15,17). The fraction of sp³-hybridized carbons (Fsp3) is 0.667. The molecule has 0 aromatic carbocycles. The van der Waals surface area contributed by atoms with E-state index >= 15 is 0 Å². The lowest BCUT2D eigenvalue weighted by molar-refractivity contribution is 0.362. The maximum atomic E-state index is 11.8. The second-order valence-corrected chi connectivity index (χ2v) is 6.14. The quantitative estimate of drug-likeness (QED) is 0.863. The van der Waals surface area contributed by atoms with Crippen LogP contribution >= 0.6 is 11.8 Å². The molecule has 6 heteroatoms. The highest BCUT2D eigenvalue weighted by Gasteiger charge is 2.21. The molecule has 2 heterocycles. The van der Waals surface area contributed by atoms with E-state index < -0.39 is 11.2 Å². The van der Waals surface area contributed by atoms with Crippen molar-refractivity contribution < 1.29 is 5.11 Å². The van der Waals surface area contributed by atoms with Gasteiger partial charge in [-0.3, -0.25) is 14.3 Å². The Morgan fingerprint density at radius 3 is 2.78 bits per heavy atom. The van der Waals surface area contributed by atoms with Crippen molar-refractivity contribution in [2.75, 3.05) is 11.5 Å². The highest BCUT2D eigenvalue weighted by Crippen LogP contribution is 2.26. The van der Waals surface area contributed by atoms with Crippen molar-refractivity contribution >= 4 is 11.8 Å². The molecule has 5 nitrogen and oxygen atoms in total. The summed E-state index contributed by atoms with van der Waals surface area (Å²) in [7, 11) is 0. The van der Waals surface area contributed by atoms with Crippen molar-refractivity contribution in [3.05, 3.63) is 26.4 Å². The highest BCUT2D eigenvalue weighted by molar-refractivity contribution is 7.99. The van der Waals surface area contributed by atoms with E-state index in [4.69, 9.17) is 0 Å². The van der Waals surface area contributed by atoms with Gasteiger partial charge in [0.15, 0.2) is 0 Å². The van der Waals surface area contributed by atoms with Crippen molar-refractivity contribution in [3.63, 3.8) is 0 Å². The molecule has 0 spiro atoms. The molecule has 0 aliphatic carbocycles. The molecule has 18 heavy (non-hydrogen) atoms. The third-order valence-corrected chi connectivity index (χ3v) is 4.48. The number of hydrogen-bond donors (Lipinski definition) is 2. The average molecular weight is 270 g/mol. The Labute approximate surface area is 109 Å². The highest BCUT2D eigenvalue weighted by atomic mass is 32.2. The predicted octanol–water partition coefficient (Wildman–Crippen LogP) is 1.12. The summed E-state index contributed by atoms with van der Waals surface area (Å²) < 4.78 is 1.30. The van der Waals surface area contributed by atoms with Crippen LogP contribution in [0.25, 0.3) is 0 Å². The van der Waals surface area contributed by atoms with Gasteiger partial charge in [0.1, 0.15) is 0 Å². The third-order valence-electron chi connectivity index (χ3n) is 3.25. The van der Waals surface area contributed by atoms with Crippen LogP contribution in [0.3, 0.4) is 0 Å². The number of hydrogen-bond acceptors (Lipinski definition) is 4. The summed E-state index contributed by atoms with van der Waals surface area (Å²) >= 11 is 1.86. The van der Waals surface area contributed by atoms with Gasteiger partial charge in [-0.25, -0.2) is 4.79 Å². The fourth-order valence-corrected chi connectivity index (χ4v) is 3.52. The molecule has 2 N–H and O–H groups in total. The van der Waals surface area contributed by atoms with Gasteiger partial charge in [0.2, 0.25) is 5.88 Å². The van der Waals surface area contributed by atoms with Crippen LogP contribution in [0.1, 0.15) is 31.7 Å². The van der Waals surface area contributed by atoms with Crippen molar-refractivity contribution in [2.24, 2.45) is 5.92 Å². The van der Waals surface area contributed by atoms with Crippen LogP contribution in [0.4, 0.5) is 0 Å². The minimum absolute atomic E-state index is 0.112. The molecule has 100 valence electrons. The molecule has 0 bridgehead atoms. The minimum atomic E-state index is -0.515. The van der Waals surface area contributed by atoms with Gasteiger partial charge in [-0.1, -0.05) is 13.8 Å². The molecule has 1 aliphatic rings. The zero-order chi connectivity index (χ0) is 13.3. The average Bonchev–Trinajstić information content (AvgIpc) is 2.75. The molecule has 0 amide bonds. The number of rotatable bonds is 3. The van der Waals surface area contributed by atoms with Crippen molar-refractivity contribution in [2.45, 2.75) is 32.7 Å². The first-order chi connectivity index (χ1) is 8.50. The number of H-pyrrole nitrogens is 1. The molecule has 0 saturated carbocycles. The van der Waals surface area contributed by atoms with Gasteiger partial charge in [0.25, 0.3) is 5.56 Å². The van der Waals surface area contributed by atoms with E-state index in [9.17, 15) is 14.7 Å². The van der Waals surface area contributed by atoms with E-state index in [-0.39, 0.29) is 11.8 Å². The second kappa shape index (κ2) is 5.22. The van der Waals surface area contributed by atoms with Crippen molar-refractivity contribution in [3.8, 4) is 5.88 Å². The summed E-state index contributed by atoms with van der Waals surface area (Å²) in [6.07, 6.45) is 1.05. The molecule has 1 fully saturated rings. The summed E-state index contributed by atoms with van der Waals surface area (Å²) in [6, 6.07) is 0. The van der Waals surface area contributed by atoms with Gasteiger partial charge in [-0.2, -0.15) is 11.8 Å². The van der Waals surface area contributed by atoms with Gasteiger partial charge >= 0.3 is 5.69 Å². The van der Waals surface area contributed by atoms with Crippen LogP contribution in [-0.2, 0) is 6.54 Å². The number of nitrogens with one attached hydrogen (secondary N) is 1. The van der Waals surface area contributed by atoms with Gasteiger partial charge in [0, 0.05) is 6.54 Å². The maximum absolute atomic E-state index is 11.8. The van der Waals surface area contributed by atoms with Crippen molar-refractivity contribution in [1.29, 1.82) is 0 Å². The first kappa shape index (κ1) is 13.3. The summed E-state index contributed by atoms with van der Waals surface area (Å²) in [5.41, 5.74) is -0.705. The normalized spacial score (nSPS) is 19.6. The minimum Gasteiger partial charge on any atom is -0.494 e. The number of aromatic nitrogens is 2. The van der Waals surface area contributed by atoms with Crippen LogP contribution < -0.4 is 11.2 Å². The number of thioether (sulfide) groups is 1. The van der Waals surface area contributed by atoms with Crippen molar-refractivity contribution in [1.82, 2.24) is 9.55 Å². The van der Waals surface area contributed by atoms with E-state index in [0.717, 1.165) is 17.9 Å². The number of aromatic amines is 1. The van der Waals surface area contributed by atoms with E-state index in [1.54, 1.807) is 0 Å². The second-order valence-electron chi connectivity index (χ2n) is 4.99. The van der Waals surface area contributed by atoms with Crippen LogP contribution in [0.5, 0.6) is 5.88 Å². The third kappa shape index (κ3) is 2.48. The largest absolute Gasteiger partial charge is 0.494 e. The topological polar surface area (TPSA) is 75.1 Å². The molecule has 2 rings (SSSR count). The van der Waals surface area contributed by atoms with Crippen LogP contribution in [0, 0.1) is 5.92 Å². The Balaban J connectivity index is 2.43. The Bertz CT molecular complexity index is 541. The van der Waals surface area contributed by atoms with E-state index in [1.165, 1.54) is 4.57 Å². The molecule has 1 aromatic heterocycles. The smallest absolute Gasteiger partial charge is 0.331 e.